The van der Waals surface area contributed by atoms with Crippen LogP contribution >= 0.6 is 15.9 Å². The number of hydrogen-bond donors (Lipinski definition) is 5. The summed E-state index contributed by atoms with van der Waals surface area (Å²) in [5.74, 6) is -2.70. The van der Waals surface area contributed by atoms with Crippen LogP contribution in [-0.2, 0) is 24.5 Å². The molecule has 0 aliphatic heterocycles. The van der Waals surface area contributed by atoms with E-state index in [1.807, 2.05) is 24.3 Å². The Morgan fingerprint density at radius 3 is 2.00 bits per heavy atom. The number of carbonyl (C=O) groups excluding carboxylic acids is 3. The molecule has 1 atom stereocenters. The van der Waals surface area contributed by atoms with Gasteiger partial charge in [-0.25, -0.2) is 0 Å². The van der Waals surface area contributed by atoms with Crippen molar-refractivity contribution in [3.63, 3.8) is 0 Å². The van der Waals surface area contributed by atoms with Crippen molar-refractivity contribution in [2.24, 2.45) is 0 Å². The average Bonchev–Trinajstić information content (AvgIpc) is 3.34. The number of aromatic amines is 1. The summed E-state index contributed by atoms with van der Waals surface area (Å²) in [5.41, 5.74) is 2.04. The largest absolute Gasteiger partial charge is 0.325 e. The van der Waals surface area contributed by atoms with Gasteiger partial charge in [0.25, 0.3) is 10.1 Å². The number of H-pyrrole nitrogens is 1. The summed E-state index contributed by atoms with van der Waals surface area (Å²) in [6.07, 6.45) is 0. The highest BCUT2D eigenvalue weighted by atomic mass is 79.9. The van der Waals surface area contributed by atoms with Crippen LogP contribution in [0.5, 0.6) is 0 Å². The molecule has 0 saturated heterocycles. The van der Waals surface area contributed by atoms with Crippen molar-refractivity contribution in [2.45, 2.75) is 5.25 Å². The number of hydrogen-bond acceptors (Lipinski definition) is 6. The molecule has 1 heterocycles. The van der Waals surface area contributed by atoms with Crippen LogP contribution in [0.15, 0.2) is 89.4 Å². The molecule has 11 nitrogen and oxygen atoms in total. The summed E-state index contributed by atoms with van der Waals surface area (Å²) in [6, 6.07) is 22.2. The Hall–Kier alpha value is -4.33. The topological polar surface area (TPSA) is 170 Å². The third kappa shape index (κ3) is 6.70. The summed E-state index contributed by atoms with van der Waals surface area (Å²) in [7, 11) is -4.74. The number of halogens is 1. The smallest absolute Gasteiger partial charge is 0.315 e. The van der Waals surface area contributed by atoms with Crippen LogP contribution in [0.1, 0.15) is 10.8 Å². The predicted octanol–water partition coefficient (Wildman–Crippen LogP) is 3.98. The maximum atomic E-state index is 12.6. The van der Waals surface area contributed by atoms with E-state index in [-0.39, 0.29) is 22.8 Å². The van der Waals surface area contributed by atoms with E-state index in [9.17, 15) is 27.4 Å². The van der Waals surface area contributed by atoms with Gasteiger partial charge in [-0.3, -0.25) is 24.0 Å². The van der Waals surface area contributed by atoms with E-state index in [0.717, 1.165) is 10.0 Å². The van der Waals surface area contributed by atoms with Gasteiger partial charge < -0.3 is 16.0 Å². The van der Waals surface area contributed by atoms with E-state index in [1.165, 1.54) is 36.4 Å². The summed E-state index contributed by atoms with van der Waals surface area (Å²) in [5, 5.41) is 12.2. The second kappa shape index (κ2) is 11.4. The lowest BCUT2D eigenvalue weighted by Crippen LogP contribution is -2.29. The minimum atomic E-state index is -4.74. The number of anilines is 3. The highest BCUT2D eigenvalue weighted by molar-refractivity contribution is 9.10. The minimum Gasteiger partial charge on any atom is -0.325 e. The van der Waals surface area contributed by atoms with Gasteiger partial charge in [-0.1, -0.05) is 58.4 Å². The van der Waals surface area contributed by atoms with Gasteiger partial charge >= 0.3 is 11.8 Å². The van der Waals surface area contributed by atoms with Gasteiger partial charge in [-0.05, 0) is 47.5 Å². The van der Waals surface area contributed by atoms with Gasteiger partial charge in [0.2, 0.25) is 5.91 Å². The van der Waals surface area contributed by atoms with Crippen LogP contribution < -0.4 is 16.0 Å². The quantitative estimate of drug-likeness (QED) is 0.158. The highest BCUT2D eigenvalue weighted by Gasteiger charge is 2.32. The molecule has 0 aliphatic carbocycles. The van der Waals surface area contributed by atoms with Gasteiger partial charge in [0, 0.05) is 21.9 Å². The molecule has 194 valence electrons. The van der Waals surface area contributed by atoms with E-state index in [0.29, 0.717) is 5.69 Å². The SMILES string of the molecule is O=C(Nc1ccc(NC(=O)C(c2ccccc2)S(=O)(=O)O)cc1)C(=O)Nc1cc(-c2ccc(Br)cc2)[nH]n1. The summed E-state index contributed by atoms with van der Waals surface area (Å²) >= 11 is 3.36. The standard InChI is InChI=1S/C25H20BrN5O6S/c26-17-8-6-15(7-9-17)20-14-21(31-30-20)29-25(34)24(33)28-19-12-10-18(11-13-19)27-23(32)22(38(35,36)37)16-4-2-1-3-5-16/h1-14,22H,(H,27,32)(H,28,33)(H,35,36,37)(H2,29,30,31,34). The van der Waals surface area contributed by atoms with Crippen molar-refractivity contribution in [1.29, 1.82) is 0 Å². The predicted molar refractivity (Wildman–Crippen MR) is 145 cm³/mol. The lowest BCUT2D eigenvalue weighted by molar-refractivity contribution is -0.133. The van der Waals surface area contributed by atoms with E-state index in [1.54, 1.807) is 24.3 Å². The normalized spacial score (nSPS) is 11.8. The minimum absolute atomic E-state index is 0.100. The van der Waals surface area contributed by atoms with E-state index in [4.69, 9.17) is 0 Å². The second-order valence-corrected chi connectivity index (χ2v) is 10.4. The first-order valence-electron chi connectivity index (χ1n) is 11.0. The summed E-state index contributed by atoms with van der Waals surface area (Å²) < 4.78 is 34.1. The molecule has 38 heavy (non-hydrogen) atoms. The van der Waals surface area contributed by atoms with E-state index in [2.05, 4.69) is 42.1 Å². The van der Waals surface area contributed by atoms with Gasteiger partial charge in [-0.2, -0.15) is 13.5 Å². The molecule has 5 N–H and O–H groups in total. The molecule has 13 heteroatoms. The Morgan fingerprint density at radius 1 is 0.816 bits per heavy atom. The molecule has 0 saturated carbocycles. The first kappa shape index (κ1) is 26.7. The lowest BCUT2D eigenvalue weighted by atomic mass is 10.1. The first-order valence-corrected chi connectivity index (χ1v) is 13.3. The molecule has 1 aromatic heterocycles. The Balaban J connectivity index is 1.35. The molecular weight excluding hydrogens is 578 g/mol. The number of nitrogens with one attached hydrogen (secondary N) is 4. The Bertz CT molecular complexity index is 1570. The number of rotatable bonds is 7. The highest BCUT2D eigenvalue weighted by Crippen LogP contribution is 2.25. The lowest BCUT2D eigenvalue weighted by Gasteiger charge is -2.15. The van der Waals surface area contributed by atoms with E-state index < -0.39 is 33.1 Å². The zero-order valence-corrected chi connectivity index (χ0v) is 21.8. The van der Waals surface area contributed by atoms with Crippen molar-refractivity contribution in [1.82, 2.24) is 10.2 Å². The zero-order chi connectivity index (χ0) is 27.3. The van der Waals surface area contributed by atoms with Crippen LogP contribution in [0.3, 0.4) is 0 Å². The molecule has 1 unspecified atom stereocenters. The van der Waals surface area contributed by atoms with Crippen LogP contribution in [-0.4, -0.2) is 40.9 Å². The molecule has 3 amide bonds. The van der Waals surface area contributed by atoms with Crippen LogP contribution in [0, 0.1) is 0 Å². The Kier molecular flexibility index (Phi) is 8.00. The molecular formula is C25H20BrN5O6S. The fourth-order valence-corrected chi connectivity index (χ4v) is 4.55. The maximum absolute atomic E-state index is 12.6. The van der Waals surface area contributed by atoms with Crippen LogP contribution in [0.2, 0.25) is 0 Å². The second-order valence-electron chi connectivity index (χ2n) is 7.95. The Morgan fingerprint density at radius 2 is 1.39 bits per heavy atom. The third-order valence-corrected chi connectivity index (χ3v) is 6.84. The Labute approximate surface area is 225 Å². The fraction of sp³-hybridized carbons (Fsp3) is 0.0400. The molecule has 0 spiro atoms. The number of carbonyl (C=O) groups is 3. The van der Waals surface area contributed by atoms with Crippen molar-refractivity contribution < 1.29 is 27.4 Å². The molecule has 0 fully saturated rings. The van der Waals surface area contributed by atoms with Crippen molar-refractivity contribution in [3.8, 4) is 11.3 Å². The van der Waals surface area contributed by atoms with Crippen molar-refractivity contribution in [2.75, 3.05) is 16.0 Å². The van der Waals surface area contributed by atoms with Gasteiger partial charge in [0.1, 0.15) is 0 Å². The van der Waals surface area contributed by atoms with Crippen LogP contribution in [0.4, 0.5) is 17.2 Å². The van der Waals surface area contributed by atoms with Gasteiger partial charge in [0.15, 0.2) is 11.1 Å². The number of nitrogens with zero attached hydrogens (tertiary/aromatic N) is 1. The maximum Gasteiger partial charge on any atom is 0.315 e. The molecule has 3 aromatic carbocycles. The number of benzene rings is 3. The first-order chi connectivity index (χ1) is 18.1. The molecule has 4 rings (SSSR count). The molecule has 0 aliphatic rings. The average molecular weight is 598 g/mol. The monoisotopic (exact) mass is 597 g/mol. The molecule has 0 bridgehead atoms. The molecule has 0 radical (unpaired) electrons. The third-order valence-electron chi connectivity index (χ3n) is 5.23. The molecule has 4 aromatic rings. The zero-order valence-electron chi connectivity index (χ0n) is 19.4. The van der Waals surface area contributed by atoms with Crippen molar-refractivity contribution >= 4 is 61.0 Å². The number of amides is 3. The van der Waals surface area contributed by atoms with Gasteiger partial charge in [0.05, 0.1) is 5.69 Å². The number of aromatic nitrogens is 2. The fourth-order valence-electron chi connectivity index (χ4n) is 3.46. The van der Waals surface area contributed by atoms with Gasteiger partial charge in [-0.15, -0.1) is 0 Å². The summed E-state index contributed by atoms with van der Waals surface area (Å²) in [6.45, 7) is 0. The van der Waals surface area contributed by atoms with Crippen LogP contribution in [0.25, 0.3) is 11.3 Å². The van der Waals surface area contributed by atoms with E-state index >= 15 is 0 Å². The van der Waals surface area contributed by atoms with Crippen molar-refractivity contribution in [3.05, 3.63) is 95.0 Å². The summed E-state index contributed by atoms with van der Waals surface area (Å²) in [4.78, 5) is 37.2.